The van der Waals surface area contributed by atoms with Gasteiger partial charge < -0.3 is 16.4 Å². The topological polar surface area (TPSA) is 107 Å². The molecule has 18 heavy (non-hydrogen) atoms. The molecule has 100 valence electrons. The highest BCUT2D eigenvalue weighted by atomic mass is 16.2. The number of carbonyl (C=O) groups excluding carboxylic acids is 2. The molecule has 0 saturated carbocycles. The molecule has 1 heterocycles. The molecule has 0 radical (unpaired) electrons. The third-order valence-corrected chi connectivity index (χ3v) is 2.80. The zero-order chi connectivity index (χ0) is 13.9. The van der Waals surface area contributed by atoms with Crippen LogP contribution in [0.25, 0.3) is 0 Å². The second-order valence-electron chi connectivity index (χ2n) is 4.12. The number of nitrogens with zero attached hydrogens (tertiary/aromatic N) is 3. The zero-order valence-electron chi connectivity index (χ0n) is 10.9. The predicted octanol–water partition coefficient (Wildman–Crippen LogP) is -0.584. The van der Waals surface area contributed by atoms with Crippen LogP contribution in [0.4, 0.5) is 5.69 Å². The molecule has 0 saturated heterocycles. The summed E-state index contributed by atoms with van der Waals surface area (Å²) in [5.74, 6) is -0.736. The number of likely N-dealkylation sites (N-methyl/N-ethyl adjacent to an activating group) is 1. The highest BCUT2D eigenvalue weighted by molar-refractivity contribution is 5.83. The Morgan fingerprint density at radius 1 is 1.39 bits per heavy atom. The van der Waals surface area contributed by atoms with Crippen LogP contribution in [0.15, 0.2) is 0 Å². The summed E-state index contributed by atoms with van der Waals surface area (Å²) in [6.45, 7) is 5.78. The van der Waals surface area contributed by atoms with Crippen molar-refractivity contribution in [3.63, 3.8) is 0 Å². The number of hydrogen-bond donors (Lipinski definition) is 2. The van der Waals surface area contributed by atoms with Gasteiger partial charge in [0.25, 0.3) is 0 Å². The lowest BCUT2D eigenvalue weighted by atomic mass is 10.3. The van der Waals surface area contributed by atoms with Gasteiger partial charge in [-0.1, -0.05) is 0 Å². The van der Waals surface area contributed by atoms with E-state index in [1.807, 2.05) is 0 Å². The van der Waals surface area contributed by atoms with Gasteiger partial charge in [0.1, 0.15) is 6.54 Å². The first kappa shape index (κ1) is 14.0. The number of nitrogen functional groups attached to an aromatic ring is 1. The van der Waals surface area contributed by atoms with Gasteiger partial charge in [-0.15, -0.1) is 0 Å². The summed E-state index contributed by atoms with van der Waals surface area (Å²) >= 11 is 0. The Morgan fingerprint density at radius 3 is 2.39 bits per heavy atom. The third kappa shape index (κ3) is 2.99. The number of amides is 2. The van der Waals surface area contributed by atoms with Gasteiger partial charge >= 0.3 is 0 Å². The number of hydrogen-bond acceptors (Lipinski definition) is 4. The van der Waals surface area contributed by atoms with E-state index in [-0.39, 0.29) is 19.0 Å². The molecule has 0 aromatic carbocycles. The molecule has 4 N–H and O–H groups in total. The van der Waals surface area contributed by atoms with Gasteiger partial charge in [0.2, 0.25) is 11.8 Å². The lowest BCUT2D eigenvalue weighted by Crippen LogP contribution is -2.40. The summed E-state index contributed by atoms with van der Waals surface area (Å²) in [6, 6.07) is 0. The van der Waals surface area contributed by atoms with Crippen LogP contribution in [0.1, 0.15) is 18.3 Å². The Morgan fingerprint density at radius 2 is 2.00 bits per heavy atom. The number of aryl methyl sites for hydroxylation is 1. The summed E-state index contributed by atoms with van der Waals surface area (Å²) in [5, 5.41) is 4.17. The van der Waals surface area contributed by atoms with Crippen LogP contribution in [-0.2, 0) is 16.1 Å². The Balaban J connectivity index is 2.79. The second kappa shape index (κ2) is 5.52. The van der Waals surface area contributed by atoms with Gasteiger partial charge in [-0.05, 0) is 20.8 Å². The molecular formula is C11H19N5O2. The minimum Gasteiger partial charge on any atom is -0.396 e. The van der Waals surface area contributed by atoms with E-state index in [1.165, 1.54) is 9.58 Å². The number of carbonyl (C=O) groups is 2. The Labute approximate surface area is 106 Å². The molecule has 7 heteroatoms. The number of nitrogens with two attached hydrogens (primary N) is 2. The first-order chi connectivity index (χ1) is 8.36. The van der Waals surface area contributed by atoms with E-state index in [0.717, 1.165) is 5.69 Å². The highest BCUT2D eigenvalue weighted by Gasteiger charge is 2.17. The van der Waals surface area contributed by atoms with Crippen LogP contribution in [0.3, 0.4) is 0 Å². The average Bonchev–Trinajstić information content (AvgIpc) is 2.53. The first-order valence-electron chi connectivity index (χ1n) is 5.72. The second-order valence-corrected chi connectivity index (χ2v) is 4.12. The van der Waals surface area contributed by atoms with Crippen molar-refractivity contribution < 1.29 is 9.59 Å². The molecule has 0 aliphatic rings. The molecule has 1 aromatic heterocycles. The van der Waals surface area contributed by atoms with Gasteiger partial charge in [-0.2, -0.15) is 5.10 Å². The van der Waals surface area contributed by atoms with Crippen molar-refractivity contribution >= 4 is 17.5 Å². The Hall–Kier alpha value is -2.05. The average molecular weight is 253 g/mol. The molecular weight excluding hydrogens is 234 g/mol. The monoisotopic (exact) mass is 253 g/mol. The van der Waals surface area contributed by atoms with Gasteiger partial charge in [0, 0.05) is 6.54 Å². The fourth-order valence-corrected chi connectivity index (χ4v) is 1.66. The molecule has 0 unspecified atom stereocenters. The van der Waals surface area contributed by atoms with Crippen LogP contribution in [-0.4, -0.2) is 39.6 Å². The minimum atomic E-state index is -0.530. The molecule has 0 fully saturated rings. The maximum absolute atomic E-state index is 12.0. The van der Waals surface area contributed by atoms with Crippen molar-refractivity contribution in [2.75, 3.05) is 18.8 Å². The van der Waals surface area contributed by atoms with Gasteiger partial charge in [0.05, 0.1) is 23.6 Å². The minimum absolute atomic E-state index is 0.0605. The van der Waals surface area contributed by atoms with Crippen LogP contribution in [0, 0.1) is 13.8 Å². The molecule has 0 atom stereocenters. The van der Waals surface area contributed by atoms with Crippen LogP contribution in [0.5, 0.6) is 0 Å². The van der Waals surface area contributed by atoms with E-state index < -0.39 is 5.91 Å². The smallest absolute Gasteiger partial charge is 0.244 e. The fourth-order valence-electron chi connectivity index (χ4n) is 1.66. The van der Waals surface area contributed by atoms with E-state index in [1.54, 1.807) is 20.8 Å². The number of primary amides is 1. The summed E-state index contributed by atoms with van der Waals surface area (Å²) in [4.78, 5) is 24.2. The van der Waals surface area contributed by atoms with Crippen molar-refractivity contribution in [3.8, 4) is 0 Å². The molecule has 7 nitrogen and oxygen atoms in total. The van der Waals surface area contributed by atoms with Crippen molar-refractivity contribution in [1.29, 1.82) is 0 Å². The molecule has 0 aliphatic heterocycles. The number of anilines is 1. The maximum Gasteiger partial charge on any atom is 0.244 e. The summed E-state index contributed by atoms with van der Waals surface area (Å²) in [7, 11) is 0. The summed E-state index contributed by atoms with van der Waals surface area (Å²) in [6.07, 6.45) is 0. The van der Waals surface area contributed by atoms with Gasteiger partial charge in [0.15, 0.2) is 0 Å². The number of aromatic nitrogens is 2. The SMILES string of the molecule is CCN(CC(N)=O)C(=O)Cn1nc(C)c(N)c1C. The largest absolute Gasteiger partial charge is 0.396 e. The highest BCUT2D eigenvalue weighted by Crippen LogP contribution is 2.14. The molecule has 0 bridgehead atoms. The first-order valence-corrected chi connectivity index (χ1v) is 5.72. The van der Waals surface area contributed by atoms with Crippen LogP contribution >= 0.6 is 0 Å². The Kier molecular flexibility index (Phi) is 4.30. The molecule has 2 amide bonds. The summed E-state index contributed by atoms with van der Waals surface area (Å²) in [5.41, 5.74) is 12.9. The predicted molar refractivity (Wildman–Crippen MR) is 67.6 cm³/mol. The molecule has 1 aromatic rings. The van der Waals surface area contributed by atoms with E-state index in [2.05, 4.69) is 5.10 Å². The van der Waals surface area contributed by atoms with E-state index in [9.17, 15) is 9.59 Å². The van der Waals surface area contributed by atoms with E-state index in [4.69, 9.17) is 11.5 Å². The van der Waals surface area contributed by atoms with Crippen LogP contribution in [0.2, 0.25) is 0 Å². The van der Waals surface area contributed by atoms with Gasteiger partial charge in [-0.3, -0.25) is 14.3 Å². The van der Waals surface area contributed by atoms with E-state index in [0.29, 0.717) is 17.9 Å². The number of rotatable bonds is 5. The standard InChI is InChI=1S/C11H19N5O2/c1-4-15(5-9(12)17)10(18)6-16-8(3)11(13)7(2)14-16/h4-6,13H2,1-3H3,(H2,12,17). The molecule has 0 spiro atoms. The lowest BCUT2D eigenvalue weighted by molar-refractivity contribution is -0.135. The quantitative estimate of drug-likeness (QED) is 0.731. The van der Waals surface area contributed by atoms with Crippen molar-refractivity contribution in [2.45, 2.75) is 27.3 Å². The van der Waals surface area contributed by atoms with Gasteiger partial charge in [-0.25, -0.2) is 0 Å². The molecule has 1 rings (SSSR count). The molecule has 0 aliphatic carbocycles. The maximum atomic E-state index is 12.0. The fraction of sp³-hybridized carbons (Fsp3) is 0.545. The normalized spacial score (nSPS) is 10.4. The lowest BCUT2D eigenvalue weighted by Gasteiger charge is -2.19. The van der Waals surface area contributed by atoms with Crippen LogP contribution < -0.4 is 11.5 Å². The van der Waals surface area contributed by atoms with Crippen molar-refractivity contribution in [2.24, 2.45) is 5.73 Å². The van der Waals surface area contributed by atoms with E-state index >= 15 is 0 Å². The summed E-state index contributed by atoms with van der Waals surface area (Å²) < 4.78 is 1.54. The Bertz CT molecular complexity index is 466. The van der Waals surface area contributed by atoms with Crippen molar-refractivity contribution in [3.05, 3.63) is 11.4 Å². The van der Waals surface area contributed by atoms with Crippen molar-refractivity contribution in [1.82, 2.24) is 14.7 Å². The third-order valence-electron chi connectivity index (χ3n) is 2.80. The zero-order valence-corrected chi connectivity index (χ0v) is 10.9.